The lowest BCUT2D eigenvalue weighted by Crippen LogP contribution is -2.11. The molecule has 0 aliphatic heterocycles. The van der Waals surface area contributed by atoms with E-state index in [1.807, 2.05) is 6.92 Å². The van der Waals surface area contributed by atoms with E-state index in [9.17, 15) is 9.18 Å². The minimum absolute atomic E-state index is 0.330. The Balaban J connectivity index is 1.81. The normalized spacial score (nSPS) is 10.3. The van der Waals surface area contributed by atoms with Crippen LogP contribution in [-0.2, 0) is 0 Å². The van der Waals surface area contributed by atoms with E-state index in [0.29, 0.717) is 28.7 Å². The molecule has 0 bridgehead atoms. The summed E-state index contributed by atoms with van der Waals surface area (Å²) in [6.07, 6.45) is 1.57. The van der Waals surface area contributed by atoms with Gasteiger partial charge in [0, 0.05) is 23.1 Å². The number of nitrogens with zero attached hydrogens (tertiary/aromatic N) is 2. The third kappa shape index (κ3) is 4.08. The van der Waals surface area contributed by atoms with Gasteiger partial charge < -0.3 is 16.4 Å². The lowest BCUT2D eigenvalue weighted by molar-refractivity contribution is 0.100. The molecule has 0 aliphatic rings. The molecule has 126 valence electrons. The van der Waals surface area contributed by atoms with E-state index in [4.69, 9.17) is 5.73 Å². The van der Waals surface area contributed by atoms with E-state index in [1.165, 1.54) is 12.1 Å². The average Bonchev–Trinajstić information content (AvgIpc) is 2.59. The second-order valence-corrected chi connectivity index (χ2v) is 5.42. The average molecular weight is 337 g/mol. The number of anilines is 4. The maximum Gasteiger partial charge on any atom is 0.248 e. The van der Waals surface area contributed by atoms with Crippen LogP contribution in [0.1, 0.15) is 15.9 Å². The Labute approximate surface area is 143 Å². The molecular weight excluding hydrogens is 321 g/mol. The number of carbonyl (C=O) groups excluding carboxylic acids is 1. The van der Waals surface area contributed by atoms with Gasteiger partial charge in [0.15, 0.2) is 0 Å². The van der Waals surface area contributed by atoms with E-state index in [1.54, 1.807) is 42.6 Å². The molecule has 0 saturated carbocycles. The van der Waals surface area contributed by atoms with Gasteiger partial charge in [0.05, 0.1) is 0 Å². The Morgan fingerprint density at radius 1 is 1.12 bits per heavy atom. The third-order valence-corrected chi connectivity index (χ3v) is 3.52. The van der Waals surface area contributed by atoms with Crippen LogP contribution < -0.4 is 16.4 Å². The van der Waals surface area contributed by atoms with Crippen LogP contribution in [0.5, 0.6) is 0 Å². The van der Waals surface area contributed by atoms with Gasteiger partial charge in [-0.05, 0) is 48.9 Å². The molecule has 3 aromatic rings. The lowest BCUT2D eigenvalue weighted by atomic mass is 10.2. The molecule has 1 aromatic heterocycles. The van der Waals surface area contributed by atoms with Crippen molar-refractivity contribution in [3.63, 3.8) is 0 Å². The second-order valence-electron chi connectivity index (χ2n) is 5.42. The molecule has 1 amide bonds. The lowest BCUT2D eigenvalue weighted by Gasteiger charge is -2.11. The molecule has 0 unspecified atom stereocenters. The summed E-state index contributed by atoms with van der Waals surface area (Å²) in [6.45, 7) is 1.87. The Kier molecular flexibility index (Phi) is 4.56. The Bertz CT molecular complexity index is 929. The number of hydrogen-bond donors (Lipinski definition) is 3. The van der Waals surface area contributed by atoms with Gasteiger partial charge >= 0.3 is 0 Å². The summed E-state index contributed by atoms with van der Waals surface area (Å²) < 4.78 is 13.4. The van der Waals surface area contributed by atoms with Gasteiger partial charge in [-0.25, -0.2) is 9.37 Å². The van der Waals surface area contributed by atoms with Crippen molar-refractivity contribution in [2.75, 3.05) is 10.6 Å². The highest BCUT2D eigenvalue weighted by Gasteiger charge is 2.06. The fourth-order valence-corrected chi connectivity index (χ4v) is 2.23. The second kappa shape index (κ2) is 6.96. The van der Waals surface area contributed by atoms with E-state index >= 15 is 0 Å². The summed E-state index contributed by atoms with van der Waals surface area (Å²) in [7, 11) is 0. The topological polar surface area (TPSA) is 92.9 Å². The van der Waals surface area contributed by atoms with Crippen molar-refractivity contribution < 1.29 is 9.18 Å². The monoisotopic (exact) mass is 337 g/mol. The number of carbonyl (C=O) groups is 1. The highest BCUT2D eigenvalue weighted by Crippen LogP contribution is 2.21. The predicted molar refractivity (Wildman–Crippen MR) is 94.7 cm³/mol. The Morgan fingerprint density at radius 2 is 1.96 bits per heavy atom. The summed E-state index contributed by atoms with van der Waals surface area (Å²) >= 11 is 0. The molecule has 25 heavy (non-hydrogen) atoms. The summed E-state index contributed by atoms with van der Waals surface area (Å²) in [5, 5.41) is 6.07. The molecule has 0 atom stereocenters. The summed E-state index contributed by atoms with van der Waals surface area (Å²) in [6, 6.07) is 12.9. The van der Waals surface area contributed by atoms with Crippen molar-refractivity contribution in [3.8, 4) is 0 Å². The quantitative estimate of drug-likeness (QED) is 0.662. The largest absolute Gasteiger partial charge is 0.366 e. The third-order valence-electron chi connectivity index (χ3n) is 3.52. The molecule has 3 rings (SSSR count). The smallest absolute Gasteiger partial charge is 0.248 e. The molecule has 0 saturated heterocycles. The maximum absolute atomic E-state index is 13.4. The minimum atomic E-state index is -0.512. The van der Waals surface area contributed by atoms with Gasteiger partial charge in [0.1, 0.15) is 11.6 Å². The van der Waals surface area contributed by atoms with Crippen LogP contribution in [-0.4, -0.2) is 15.9 Å². The van der Waals surface area contributed by atoms with Crippen molar-refractivity contribution in [2.45, 2.75) is 6.92 Å². The van der Waals surface area contributed by atoms with Gasteiger partial charge in [-0.3, -0.25) is 4.79 Å². The van der Waals surface area contributed by atoms with E-state index in [0.717, 1.165) is 5.56 Å². The highest BCUT2D eigenvalue weighted by molar-refractivity contribution is 5.93. The van der Waals surface area contributed by atoms with E-state index in [-0.39, 0.29) is 5.82 Å². The number of nitrogens with one attached hydrogen (secondary N) is 2. The van der Waals surface area contributed by atoms with Crippen molar-refractivity contribution >= 4 is 29.0 Å². The standard InChI is InChI=1S/C18H16FN5O/c1-11-5-6-13(19)10-15(11)23-16-7-8-21-18(24-16)22-14-4-2-3-12(9-14)17(20)25/h2-10H,1H3,(H2,20,25)(H2,21,22,23,24). The van der Waals surface area contributed by atoms with Crippen molar-refractivity contribution in [1.82, 2.24) is 9.97 Å². The number of nitrogens with two attached hydrogens (primary N) is 1. The zero-order valence-electron chi connectivity index (χ0n) is 13.5. The van der Waals surface area contributed by atoms with Gasteiger partial charge in [-0.15, -0.1) is 0 Å². The number of halogens is 1. The number of primary amides is 1. The molecule has 0 radical (unpaired) electrons. The number of aryl methyl sites for hydroxylation is 1. The minimum Gasteiger partial charge on any atom is -0.366 e. The zero-order chi connectivity index (χ0) is 17.8. The van der Waals surface area contributed by atoms with Crippen LogP contribution >= 0.6 is 0 Å². The number of benzene rings is 2. The van der Waals surface area contributed by atoms with Crippen molar-refractivity contribution in [3.05, 3.63) is 71.7 Å². The van der Waals surface area contributed by atoms with Crippen LogP contribution in [0.2, 0.25) is 0 Å². The van der Waals surface area contributed by atoms with Crippen LogP contribution in [0.15, 0.2) is 54.7 Å². The van der Waals surface area contributed by atoms with E-state index < -0.39 is 5.91 Å². The molecule has 4 N–H and O–H groups in total. The van der Waals surface area contributed by atoms with Crippen LogP contribution in [0.4, 0.5) is 27.5 Å². The van der Waals surface area contributed by atoms with Crippen LogP contribution in [0, 0.1) is 12.7 Å². The van der Waals surface area contributed by atoms with Gasteiger partial charge in [0.25, 0.3) is 0 Å². The number of aromatic nitrogens is 2. The zero-order valence-corrected chi connectivity index (χ0v) is 13.5. The number of hydrogen-bond acceptors (Lipinski definition) is 5. The molecule has 0 aliphatic carbocycles. The first-order chi connectivity index (χ1) is 12.0. The summed E-state index contributed by atoms with van der Waals surface area (Å²) in [5.41, 5.74) is 7.81. The highest BCUT2D eigenvalue weighted by atomic mass is 19.1. The maximum atomic E-state index is 13.4. The fourth-order valence-electron chi connectivity index (χ4n) is 2.23. The van der Waals surface area contributed by atoms with Crippen molar-refractivity contribution in [1.29, 1.82) is 0 Å². The SMILES string of the molecule is Cc1ccc(F)cc1Nc1ccnc(Nc2cccc(C(N)=O)c2)n1. The Morgan fingerprint density at radius 3 is 2.76 bits per heavy atom. The molecule has 1 heterocycles. The first kappa shape index (κ1) is 16.4. The summed E-state index contributed by atoms with van der Waals surface area (Å²) in [5.74, 6) is 0.00303. The van der Waals surface area contributed by atoms with Crippen molar-refractivity contribution in [2.24, 2.45) is 5.73 Å². The molecule has 0 fully saturated rings. The van der Waals surface area contributed by atoms with Gasteiger partial charge in [-0.2, -0.15) is 4.98 Å². The fraction of sp³-hybridized carbons (Fsp3) is 0.0556. The first-order valence-electron chi connectivity index (χ1n) is 7.54. The summed E-state index contributed by atoms with van der Waals surface area (Å²) in [4.78, 5) is 19.7. The van der Waals surface area contributed by atoms with Crippen LogP contribution in [0.3, 0.4) is 0 Å². The molecule has 0 spiro atoms. The van der Waals surface area contributed by atoms with Gasteiger partial charge in [-0.1, -0.05) is 12.1 Å². The first-order valence-corrected chi connectivity index (χ1v) is 7.54. The molecular formula is C18H16FN5O. The van der Waals surface area contributed by atoms with E-state index in [2.05, 4.69) is 20.6 Å². The predicted octanol–water partition coefficient (Wildman–Crippen LogP) is 3.51. The number of rotatable bonds is 5. The molecule has 2 aromatic carbocycles. The molecule has 6 nitrogen and oxygen atoms in total. The number of amides is 1. The van der Waals surface area contributed by atoms with Gasteiger partial charge in [0.2, 0.25) is 11.9 Å². The van der Waals surface area contributed by atoms with Crippen LogP contribution in [0.25, 0.3) is 0 Å². The Hall–Kier alpha value is -3.48. The molecule has 7 heteroatoms.